The van der Waals surface area contributed by atoms with E-state index in [9.17, 15) is 0 Å². The van der Waals surface area contributed by atoms with E-state index in [2.05, 4.69) is 30.3 Å². The summed E-state index contributed by atoms with van der Waals surface area (Å²) in [7, 11) is 3.59. The quantitative estimate of drug-likeness (QED) is 0.702. The van der Waals surface area contributed by atoms with Gasteiger partial charge in [-0.1, -0.05) is 43.2 Å². The van der Waals surface area contributed by atoms with Gasteiger partial charge in [0.05, 0.1) is 13.2 Å². The minimum atomic E-state index is 0.145. The normalized spacial score (nSPS) is 15.9. The zero-order chi connectivity index (χ0) is 12.8. The van der Waals surface area contributed by atoms with Crippen LogP contribution in [0.4, 0.5) is 0 Å². The smallest absolute Gasteiger partial charge is 0.0544 e. The van der Waals surface area contributed by atoms with Gasteiger partial charge in [-0.2, -0.15) is 0 Å². The van der Waals surface area contributed by atoms with Gasteiger partial charge in [-0.15, -0.1) is 0 Å². The van der Waals surface area contributed by atoms with Gasteiger partial charge in [-0.05, 0) is 24.3 Å². The highest BCUT2D eigenvalue weighted by atomic mass is 16.5. The molecule has 100 valence electrons. The van der Waals surface area contributed by atoms with Crippen LogP contribution in [-0.2, 0) is 15.9 Å². The number of hydrogen-bond acceptors (Lipinski definition) is 2. The van der Waals surface area contributed by atoms with Crippen molar-refractivity contribution in [1.82, 2.24) is 0 Å². The average molecular weight is 248 g/mol. The molecule has 0 aliphatic heterocycles. The van der Waals surface area contributed by atoms with E-state index in [0.29, 0.717) is 0 Å². The molecule has 0 saturated heterocycles. The molecule has 18 heavy (non-hydrogen) atoms. The molecule has 0 atom stereocenters. The molecule has 0 amide bonds. The van der Waals surface area contributed by atoms with Crippen LogP contribution in [0.1, 0.15) is 24.8 Å². The summed E-state index contributed by atoms with van der Waals surface area (Å²) in [5.41, 5.74) is 1.53. The van der Waals surface area contributed by atoms with E-state index < -0.39 is 0 Å². The monoisotopic (exact) mass is 248 g/mol. The molecule has 1 aromatic carbocycles. The standard InChI is InChI=1S/C16H24O2/c1-17-12-16(13-18-2,11-15-8-9-15)10-14-6-4-3-5-7-14/h3-7,15H,8-13H2,1-2H3. The van der Waals surface area contributed by atoms with Crippen molar-refractivity contribution < 1.29 is 9.47 Å². The van der Waals surface area contributed by atoms with Crippen molar-refractivity contribution in [3.8, 4) is 0 Å². The summed E-state index contributed by atoms with van der Waals surface area (Å²) >= 11 is 0. The van der Waals surface area contributed by atoms with Crippen molar-refractivity contribution in [3.05, 3.63) is 35.9 Å². The number of ether oxygens (including phenoxy) is 2. The van der Waals surface area contributed by atoms with Gasteiger partial charge in [0, 0.05) is 19.6 Å². The van der Waals surface area contributed by atoms with Gasteiger partial charge in [0.15, 0.2) is 0 Å². The van der Waals surface area contributed by atoms with E-state index in [1.165, 1.54) is 24.8 Å². The van der Waals surface area contributed by atoms with Gasteiger partial charge in [-0.3, -0.25) is 0 Å². The van der Waals surface area contributed by atoms with Crippen LogP contribution >= 0.6 is 0 Å². The zero-order valence-corrected chi connectivity index (χ0v) is 11.5. The molecule has 0 unspecified atom stereocenters. The van der Waals surface area contributed by atoms with Crippen molar-refractivity contribution in [2.24, 2.45) is 11.3 Å². The van der Waals surface area contributed by atoms with Crippen LogP contribution in [0.15, 0.2) is 30.3 Å². The highest BCUT2D eigenvalue weighted by Crippen LogP contribution is 2.42. The van der Waals surface area contributed by atoms with E-state index in [1.807, 2.05) is 0 Å². The summed E-state index contributed by atoms with van der Waals surface area (Å²) < 4.78 is 11.0. The summed E-state index contributed by atoms with van der Waals surface area (Å²) in [5, 5.41) is 0. The molecule has 0 aromatic heterocycles. The Morgan fingerprint density at radius 1 is 1.06 bits per heavy atom. The third-order valence-electron chi connectivity index (χ3n) is 3.74. The fourth-order valence-corrected chi connectivity index (χ4v) is 2.91. The van der Waals surface area contributed by atoms with E-state index in [1.54, 1.807) is 14.2 Å². The second-order valence-electron chi connectivity index (χ2n) is 5.68. The summed E-state index contributed by atoms with van der Waals surface area (Å²) in [6.45, 7) is 1.57. The average Bonchev–Trinajstić information content (AvgIpc) is 3.15. The van der Waals surface area contributed by atoms with E-state index in [0.717, 1.165) is 25.6 Å². The molecule has 0 N–H and O–H groups in total. The predicted octanol–water partition coefficient (Wildman–Crippen LogP) is 3.31. The third kappa shape index (κ3) is 3.82. The van der Waals surface area contributed by atoms with Gasteiger partial charge in [0.25, 0.3) is 0 Å². The summed E-state index contributed by atoms with van der Waals surface area (Å²) in [6, 6.07) is 10.7. The van der Waals surface area contributed by atoms with Gasteiger partial charge in [-0.25, -0.2) is 0 Å². The molecule has 2 rings (SSSR count). The van der Waals surface area contributed by atoms with Crippen molar-refractivity contribution in [1.29, 1.82) is 0 Å². The topological polar surface area (TPSA) is 18.5 Å². The van der Waals surface area contributed by atoms with Crippen LogP contribution in [0.3, 0.4) is 0 Å². The van der Waals surface area contributed by atoms with Crippen LogP contribution in [0.5, 0.6) is 0 Å². The fourth-order valence-electron chi connectivity index (χ4n) is 2.91. The molecule has 1 aromatic rings. The number of methoxy groups -OCH3 is 2. The highest BCUT2D eigenvalue weighted by Gasteiger charge is 2.37. The molecule has 0 heterocycles. The zero-order valence-electron chi connectivity index (χ0n) is 11.5. The van der Waals surface area contributed by atoms with Gasteiger partial charge in [0.1, 0.15) is 0 Å². The first-order chi connectivity index (χ1) is 8.78. The first kappa shape index (κ1) is 13.6. The van der Waals surface area contributed by atoms with E-state index in [-0.39, 0.29) is 5.41 Å². The van der Waals surface area contributed by atoms with Crippen molar-refractivity contribution >= 4 is 0 Å². The largest absolute Gasteiger partial charge is 0.384 e. The van der Waals surface area contributed by atoms with Gasteiger partial charge >= 0.3 is 0 Å². The Morgan fingerprint density at radius 2 is 1.67 bits per heavy atom. The Morgan fingerprint density at radius 3 is 2.17 bits per heavy atom. The van der Waals surface area contributed by atoms with Gasteiger partial charge in [0.2, 0.25) is 0 Å². The van der Waals surface area contributed by atoms with E-state index >= 15 is 0 Å². The minimum absolute atomic E-state index is 0.145. The van der Waals surface area contributed by atoms with Crippen LogP contribution in [0.2, 0.25) is 0 Å². The van der Waals surface area contributed by atoms with Crippen LogP contribution in [0, 0.1) is 11.3 Å². The Bertz CT molecular complexity index is 337. The van der Waals surface area contributed by atoms with Crippen LogP contribution in [0.25, 0.3) is 0 Å². The predicted molar refractivity (Wildman–Crippen MR) is 73.7 cm³/mol. The van der Waals surface area contributed by atoms with Crippen LogP contribution < -0.4 is 0 Å². The maximum Gasteiger partial charge on any atom is 0.0544 e. The lowest BCUT2D eigenvalue weighted by molar-refractivity contribution is 0.000899. The minimum Gasteiger partial charge on any atom is -0.384 e. The molecule has 0 radical (unpaired) electrons. The number of hydrogen-bond donors (Lipinski definition) is 0. The number of rotatable bonds is 8. The molecule has 2 heteroatoms. The van der Waals surface area contributed by atoms with Crippen molar-refractivity contribution in [2.45, 2.75) is 25.7 Å². The summed E-state index contributed by atoms with van der Waals surface area (Å²) in [6.07, 6.45) is 5.03. The molecule has 2 nitrogen and oxygen atoms in total. The lowest BCUT2D eigenvalue weighted by Gasteiger charge is -2.33. The van der Waals surface area contributed by atoms with Crippen molar-refractivity contribution in [2.75, 3.05) is 27.4 Å². The molecule has 1 saturated carbocycles. The Kier molecular flexibility index (Phi) is 4.79. The second kappa shape index (κ2) is 6.35. The van der Waals surface area contributed by atoms with Crippen LogP contribution in [-0.4, -0.2) is 27.4 Å². The maximum atomic E-state index is 5.48. The molecular formula is C16H24O2. The third-order valence-corrected chi connectivity index (χ3v) is 3.74. The molecule has 1 aliphatic carbocycles. The molecule has 0 bridgehead atoms. The summed E-state index contributed by atoms with van der Waals surface area (Å²) in [4.78, 5) is 0. The number of benzene rings is 1. The Balaban J connectivity index is 2.09. The second-order valence-corrected chi connectivity index (χ2v) is 5.68. The molecule has 1 fully saturated rings. The van der Waals surface area contributed by atoms with E-state index in [4.69, 9.17) is 9.47 Å². The molecule has 0 spiro atoms. The summed E-state index contributed by atoms with van der Waals surface area (Å²) in [5.74, 6) is 0.888. The fraction of sp³-hybridized carbons (Fsp3) is 0.625. The molecule has 1 aliphatic rings. The maximum absolute atomic E-state index is 5.48. The lowest BCUT2D eigenvalue weighted by atomic mass is 9.78. The van der Waals surface area contributed by atoms with Gasteiger partial charge < -0.3 is 9.47 Å². The molecular weight excluding hydrogens is 224 g/mol. The highest BCUT2D eigenvalue weighted by molar-refractivity contribution is 5.17. The Labute approximate surface area is 110 Å². The Hall–Kier alpha value is -0.860. The lowest BCUT2D eigenvalue weighted by Crippen LogP contribution is -2.34. The first-order valence-electron chi connectivity index (χ1n) is 6.80. The SMILES string of the molecule is COCC(COC)(Cc1ccccc1)CC1CC1. The van der Waals surface area contributed by atoms with Crippen molar-refractivity contribution in [3.63, 3.8) is 0 Å². The first-order valence-corrected chi connectivity index (χ1v) is 6.80.